The number of carboxylic acid groups (broad SMARTS) is 1. The molecule has 30 heavy (non-hydrogen) atoms. The fourth-order valence-electron chi connectivity index (χ4n) is 3.37. The number of benzene rings is 1. The minimum atomic E-state index is -1.52. The van der Waals surface area contributed by atoms with Crippen LogP contribution in [-0.4, -0.2) is 30.8 Å². The predicted molar refractivity (Wildman–Crippen MR) is 111 cm³/mol. The number of pyridine rings is 1. The molecule has 156 valence electrons. The van der Waals surface area contributed by atoms with Crippen LogP contribution < -0.4 is 16.8 Å². The first kappa shape index (κ1) is 21.0. The van der Waals surface area contributed by atoms with Gasteiger partial charge in [-0.2, -0.15) is 9.78 Å². The fourth-order valence-corrected chi connectivity index (χ4v) is 3.37. The first-order chi connectivity index (χ1) is 14.1. The summed E-state index contributed by atoms with van der Waals surface area (Å²) in [7, 11) is 0. The summed E-state index contributed by atoms with van der Waals surface area (Å²) in [6.45, 7) is 7.66. The molecular formula is C21H22N4O5. The SMILES string of the molecule is Cc1cc(-n2nc(C(=O)O)c(=O)[nH]c2=O)cc(C)c1Cc1c[nH]c(=O)c(C(C)C)c1. The van der Waals surface area contributed by atoms with Gasteiger partial charge in [-0.05, 0) is 66.6 Å². The summed E-state index contributed by atoms with van der Waals surface area (Å²) in [6, 6.07) is 5.30. The molecular weight excluding hydrogens is 388 g/mol. The third-order valence-electron chi connectivity index (χ3n) is 4.95. The van der Waals surface area contributed by atoms with Crippen molar-refractivity contribution in [3.63, 3.8) is 0 Å². The van der Waals surface area contributed by atoms with Gasteiger partial charge in [0, 0.05) is 11.8 Å². The molecule has 2 heterocycles. The maximum atomic E-state index is 12.2. The van der Waals surface area contributed by atoms with E-state index in [0.29, 0.717) is 17.7 Å². The van der Waals surface area contributed by atoms with E-state index < -0.39 is 22.9 Å². The lowest BCUT2D eigenvalue weighted by molar-refractivity contribution is 0.0685. The van der Waals surface area contributed by atoms with E-state index in [4.69, 9.17) is 5.11 Å². The van der Waals surface area contributed by atoms with E-state index >= 15 is 0 Å². The zero-order valence-corrected chi connectivity index (χ0v) is 17.1. The second-order valence-corrected chi connectivity index (χ2v) is 7.51. The molecule has 0 aliphatic rings. The molecule has 9 nitrogen and oxygen atoms in total. The van der Waals surface area contributed by atoms with Gasteiger partial charge in [0.1, 0.15) is 0 Å². The van der Waals surface area contributed by atoms with Crippen LogP contribution >= 0.6 is 0 Å². The maximum Gasteiger partial charge on any atom is 0.362 e. The number of aromatic amines is 2. The first-order valence-corrected chi connectivity index (χ1v) is 9.37. The van der Waals surface area contributed by atoms with E-state index in [9.17, 15) is 19.2 Å². The van der Waals surface area contributed by atoms with Crippen LogP contribution in [0.3, 0.4) is 0 Å². The van der Waals surface area contributed by atoms with Gasteiger partial charge in [0.25, 0.3) is 11.1 Å². The Balaban J connectivity index is 2.06. The summed E-state index contributed by atoms with van der Waals surface area (Å²) in [5.74, 6) is -1.42. The summed E-state index contributed by atoms with van der Waals surface area (Å²) in [5.41, 5.74) is 2.01. The molecule has 9 heteroatoms. The molecule has 3 N–H and O–H groups in total. The normalized spacial score (nSPS) is 11.1. The van der Waals surface area contributed by atoms with Crippen molar-refractivity contribution < 1.29 is 9.90 Å². The summed E-state index contributed by atoms with van der Waals surface area (Å²) >= 11 is 0. The lowest BCUT2D eigenvalue weighted by Gasteiger charge is -2.14. The number of nitrogens with zero attached hydrogens (tertiary/aromatic N) is 2. The molecule has 0 bridgehead atoms. The maximum absolute atomic E-state index is 12.2. The standard InChI is InChI=1S/C21H22N4O5/c1-10(2)15-7-13(9-22-18(15)26)8-16-11(3)5-14(6-12(16)4)25-21(30)23-19(27)17(24-25)20(28)29/h5-7,9-10H,8H2,1-4H3,(H,22,26)(H,28,29)(H,23,27,30). The minimum Gasteiger partial charge on any atom is -0.476 e. The second-order valence-electron chi connectivity index (χ2n) is 7.51. The van der Waals surface area contributed by atoms with Crippen molar-refractivity contribution in [3.05, 3.63) is 89.1 Å². The molecule has 0 aliphatic heterocycles. The third kappa shape index (κ3) is 4.00. The Hall–Kier alpha value is -3.75. The highest BCUT2D eigenvalue weighted by Gasteiger charge is 2.16. The van der Waals surface area contributed by atoms with Crippen molar-refractivity contribution in [3.8, 4) is 5.69 Å². The highest BCUT2D eigenvalue weighted by molar-refractivity contribution is 5.84. The lowest BCUT2D eigenvalue weighted by Crippen LogP contribution is -2.35. The van der Waals surface area contributed by atoms with E-state index in [1.54, 1.807) is 18.3 Å². The topological polar surface area (TPSA) is 138 Å². The fraction of sp³-hybridized carbons (Fsp3) is 0.286. The van der Waals surface area contributed by atoms with Crippen molar-refractivity contribution in [2.75, 3.05) is 0 Å². The number of aromatic carboxylic acids is 1. The molecule has 0 aliphatic carbocycles. The van der Waals surface area contributed by atoms with Crippen molar-refractivity contribution >= 4 is 5.97 Å². The predicted octanol–water partition coefficient (Wildman–Crippen LogP) is 1.64. The molecule has 0 amide bonds. The van der Waals surface area contributed by atoms with E-state index in [0.717, 1.165) is 26.9 Å². The number of carbonyl (C=O) groups is 1. The van der Waals surface area contributed by atoms with Crippen LogP contribution in [0, 0.1) is 13.8 Å². The summed E-state index contributed by atoms with van der Waals surface area (Å²) in [5, 5.41) is 12.8. The van der Waals surface area contributed by atoms with Crippen LogP contribution in [-0.2, 0) is 6.42 Å². The minimum absolute atomic E-state index is 0.0971. The first-order valence-electron chi connectivity index (χ1n) is 9.37. The molecule has 0 fully saturated rings. The summed E-state index contributed by atoms with van der Waals surface area (Å²) in [6.07, 6.45) is 2.26. The number of rotatable bonds is 5. The Kier molecular flexibility index (Phi) is 5.55. The van der Waals surface area contributed by atoms with Gasteiger partial charge in [-0.3, -0.25) is 14.6 Å². The highest BCUT2D eigenvalue weighted by atomic mass is 16.4. The van der Waals surface area contributed by atoms with Crippen molar-refractivity contribution in [2.45, 2.75) is 40.0 Å². The smallest absolute Gasteiger partial charge is 0.362 e. The lowest BCUT2D eigenvalue weighted by atomic mass is 9.94. The number of nitrogens with one attached hydrogen (secondary N) is 2. The Morgan fingerprint density at radius 1 is 1.10 bits per heavy atom. The molecule has 1 aromatic carbocycles. The van der Waals surface area contributed by atoms with Gasteiger partial charge in [0.05, 0.1) is 5.69 Å². The highest BCUT2D eigenvalue weighted by Crippen LogP contribution is 2.22. The van der Waals surface area contributed by atoms with E-state index in [1.165, 1.54) is 0 Å². The number of carboxylic acids is 1. The van der Waals surface area contributed by atoms with Crippen molar-refractivity contribution in [2.24, 2.45) is 0 Å². The average Bonchev–Trinajstić information content (AvgIpc) is 2.65. The number of H-pyrrole nitrogens is 2. The van der Waals surface area contributed by atoms with Crippen LogP contribution in [0.2, 0.25) is 0 Å². The number of aromatic nitrogens is 4. The monoisotopic (exact) mass is 410 g/mol. The second kappa shape index (κ2) is 7.94. The molecule has 0 spiro atoms. The van der Waals surface area contributed by atoms with Crippen LogP contribution in [0.4, 0.5) is 0 Å². The molecule has 3 aromatic rings. The van der Waals surface area contributed by atoms with Crippen LogP contribution in [0.25, 0.3) is 5.69 Å². The summed E-state index contributed by atoms with van der Waals surface area (Å²) < 4.78 is 0.867. The van der Waals surface area contributed by atoms with Gasteiger partial charge >= 0.3 is 11.7 Å². The average molecular weight is 410 g/mol. The van der Waals surface area contributed by atoms with E-state index in [2.05, 4.69) is 10.1 Å². The molecule has 3 rings (SSSR count). The van der Waals surface area contributed by atoms with Gasteiger partial charge in [0.2, 0.25) is 5.69 Å². The molecule has 0 saturated carbocycles. The zero-order chi connectivity index (χ0) is 22.2. The van der Waals surface area contributed by atoms with Crippen LogP contribution in [0.1, 0.15) is 58.1 Å². The van der Waals surface area contributed by atoms with Gasteiger partial charge in [-0.25, -0.2) is 9.59 Å². The number of hydrogen-bond acceptors (Lipinski definition) is 5. The van der Waals surface area contributed by atoms with E-state index in [-0.39, 0.29) is 11.5 Å². The molecule has 2 aromatic heterocycles. The molecule has 0 saturated heterocycles. The Labute approximate surface area is 171 Å². The third-order valence-corrected chi connectivity index (χ3v) is 4.95. The van der Waals surface area contributed by atoms with Crippen molar-refractivity contribution in [1.82, 2.24) is 19.7 Å². The number of aryl methyl sites for hydroxylation is 2. The van der Waals surface area contributed by atoms with Gasteiger partial charge in [-0.1, -0.05) is 13.8 Å². The van der Waals surface area contributed by atoms with Crippen LogP contribution in [0.15, 0.2) is 38.8 Å². The Bertz CT molecular complexity index is 1290. The molecule has 0 radical (unpaired) electrons. The van der Waals surface area contributed by atoms with Gasteiger partial charge in [0.15, 0.2) is 0 Å². The summed E-state index contributed by atoms with van der Waals surface area (Å²) in [4.78, 5) is 51.7. The van der Waals surface area contributed by atoms with Gasteiger partial charge in [-0.15, -0.1) is 0 Å². The zero-order valence-electron chi connectivity index (χ0n) is 17.1. The largest absolute Gasteiger partial charge is 0.476 e. The molecule has 0 atom stereocenters. The van der Waals surface area contributed by atoms with Crippen LogP contribution in [0.5, 0.6) is 0 Å². The Morgan fingerprint density at radius 2 is 1.73 bits per heavy atom. The van der Waals surface area contributed by atoms with Gasteiger partial charge < -0.3 is 10.1 Å². The van der Waals surface area contributed by atoms with Crippen molar-refractivity contribution in [1.29, 1.82) is 0 Å². The quantitative estimate of drug-likeness (QED) is 0.585. The van der Waals surface area contributed by atoms with E-state index in [1.807, 2.05) is 38.7 Å². The Morgan fingerprint density at radius 3 is 2.30 bits per heavy atom. The molecule has 0 unspecified atom stereocenters. The number of hydrogen-bond donors (Lipinski definition) is 3.